The minimum atomic E-state index is -0.911. The average molecular weight is 485 g/mol. The van der Waals surface area contributed by atoms with Crippen LogP contribution in [0.15, 0.2) is 23.3 Å². The molecule has 0 aromatic rings. The van der Waals surface area contributed by atoms with E-state index in [1.165, 1.54) is 5.57 Å². The predicted molar refractivity (Wildman–Crippen MR) is 137 cm³/mol. The second-order valence-corrected chi connectivity index (χ2v) is 12.6. The molecule has 0 aromatic heterocycles. The van der Waals surface area contributed by atoms with Crippen molar-refractivity contribution in [3.05, 3.63) is 23.3 Å². The Balaban J connectivity index is 1.74. The van der Waals surface area contributed by atoms with E-state index < -0.39 is 11.4 Å². The molecule has 0 aromatic carbocycles. The quantitative estimate of drug-likeness (QED) is 0.385. The van der Waals surface area contributed by atoms with Crippen LogP contribution in [0, 0.1) is 39.9 Å². The van der Waals surface area contributed by atoms with Gasteiger partial charge in [0.2, 0.25) is 0 Å². The standard InChI is InChI=1S/C30H44O5/c1-18(9-8-10-19(2)27(34)35)21(20(3)31)13-15-30(7)22-11-12-24-28(4,5)25(32)14-16-29(24,6)23(22)17-26(30)33/h10,17-18,21-22,24H,8-9,11-16H2,1-7H3,(H,34,35)/b19-10-/t18?,21?,22-,24+,29-,30+/m1/s1. The van der Waals surface area contributed by atoms with Gasteiger partial charge >= 0.3 is 5.97 Å². The number of carbonyl (C=O) groups is 4. The molecule has 1 N–H and O–H groups in total. The highest BCUT2D eigenvalue weighted by Crippen LogP contribution is 2.65. The fourth-order valence-electron chi connectivity index (χ4n) is 7.67. The molecule has 0 spiro atoms. The molecule has 2 unspecified atom stereocenters. The van der Waals surface area contributed by atoms with Gasteiger partial charge in [-0.15, -0.1) is 0 Å². The summed E-state index contributed by atoms with van der Waals surface area (Å²) in [7, 11) is 0. The summed E-state index contributed by atoms with van der Waals surface area (Å²) < 4.78 is 0. The van der Waals surface area contributed by atoms with Gasteiger partial charge in [0.15, 0.2) is 5.78 Å². The van der Waals surface area contributed by atoms with Gasteiger partial charge < -0.3 is 5.11 Å². The molecule has 0 radical (unpaired) electrons. The average Bonchev–Trinajstić information content (AvgIpc) is 3.02. The largest absolute Gasteiger partial charge is 0.478 e. The Bertz CT molecular complexity index is 969. The van der Waals surface area contributed by atoms with Crippen molar-refractivity contribution in [2.45, 2.75) is 99.8 Å². The number of Topliss-reactive ketones (excluding diaryl/α,β-unsaturated/α-hetero) is 2. The van der Waals surface area contributed by atoms with Crippen molar-refractivity contribution in [2.24, 2.45) is 39.9 Å². The number of carbonyl (C=O) groups excluding carboxylic acids is 3. The van der Waals surface area contributed by atoms with Crippen LogP contribution >= 0.6 is 0 Å². The second-order valence-electron chi connectivity index (χ2n) is 12.6. The van der Waals surface area contributed by atoms with E-state index >= 15 is 0 Å². The molecule has 5 heteroatoms. The van der Waals surface area contributed by atoms with Gasteiger partial charge in [0, 0.05) is 28.7 Å². The van der Waals surface area contributed by atoms with Gasteiger partial charge in [-0.3, -0.25) is 14.4 Å². The van der Waals surface area contributed by atoms with Crippen molar-refractivity contribution in [3.63, 3.8) is 0 Å². The molecule has 0 bridgehead atoms. The summed E-state index contributed by atoms with van der Waals surface area (Å²) in [6, 6.07) is 0. The molecule has 0 saturated heterocycles. The van der Waals surface area contributed by atoms with E-state index in [9.17, 15) is 19.2 Å². The van der Waals surface area contributed by atoms with Crippen LogP contribution < -0.4 is 0 Å². The maximum Gasteiger partial charge on any atom is 0.330 e. The molecule has 2 fully saturated rings. The molecule has 0 amide bonds. The van der Waals surface area contributed by atoms with Crippen LogP contribution in [0.1, 0.15) is 99.8 Å². The van der Waals surface area contributed by atoms with Crippen LogP contribution in [-0.2, 0) is 19.2 Å². The Kier molecular flexibility index (Phi) is 7.70. The van der Waals surface area contributed by atoms with E-state index in [2.05, 4.69) is 34.6 Å². The van der Waals surface area contributed by atoms with Gasteiger partial charge in [-0.05, 0) is 88.0 Å². The summed E-state index contributed by atoms with van der Waals surface area (Å²) in [6.07, 6.45) is 9.64. The zero-order chi connectivity index (χ0) is 26.3. The monoisotopic (exact) mass is 484 g/mol. The molecular weight excluding hydrogens is 440 g/mol. The molecule has 0 aliphatic heterocycles. The highest BCUT2D eigenvalue weighted by atomic mass is 16.4. The fourth-order valence-corrected chi connectivity index (χ4v) is 7.67. The van der Waals surface area contributed by atoms with Crippen molar-refractivity contribution in [2.75, 3.05) is 0 Å². The van der Waals surface area contributed by atoms with E-state index in [0.717, 1.165) is 25.7 Å². The van der Waals surface area contributed by atoms with Gasteiger partial charge in [-0.25, -0.2) is 4.79 Å². The zero-order valence-electron chi connectivity index (χ0n) is 22.7. The smallest absolute Gasteiger partial charge is 0.330 e. The summed E-state index contributed by atoms with van der Waals surface area (Å²) in [5, 5.41) is 9.05. The van der Waals surface area contributed by atoms with Gasteiger partial charge in [-0.1, -0.05) is 46.3 Å². The van der Waals surface area contributed by atoms with Crippen molar-refractivity contribution < 1.29 is 24.3 Å². The van der Waals surface area contributed by atoms with Gasteiger partial charge in [0.05, 0.1) is 0 Å². The molecule has 0 heterocycles. The predicted octanol–water partition coefficient (Wildman–Crippen LogP) is 6.36. The maximum atomic E-state index is 13.5. The van der Waals surface area contributed by atoms with E-state index in [0.29, 0.717) is 37.0 Å². The molecule has 2 saturated carbocycles. The van der Waals surface area contributed by atoms with E-state index in [-0.39, 0.29) is 46.1 Å². The SMILES string of the molecule is CC(=O)C(CC[C@]1(C)C(=O)C=C2[C@H]1CC[C@H]1C(C)(C)C(=O)CC[C@]21C)C(C)CC/C=C(/C)C(=O)O. The lowest BCUT2D eigenvalue weighted by molar-refractivity contribution is -0.141. The summed E-state index contributed by atoms with van der Waals surface area (Å²) in [5.41, 5.74) is 0.612. The lowest BCUT2D eigenvalue weighted by Crippen LogP contribution is -2.52. The zero-order valence-corrected chi connectivity index (χ0v) is 22.7. The van der Waals surface area contributed by atoms with Crippen LogP contribution in [0.2, 0.25) is 0 Å². The number of ketones is 3. The minimum absolute atomic E-state index is 0.116. The number of allylic oxidation sites excluding steroid dienone is 3. The molecule has 3 aliphatic carbocycles. The van der Waals surface area contributed by atoms with Crippen molar-refractivity contribution >= 4 is 23.3 Å². The number of fused-ring (bicyclic) bond motifs is 3. The number of aliphatic carboxylic acids is 1. The number of rotatable bonds is 9. The number of carboxylic acids is 1. The van der Waals surface area contributed by atoms with Crippen molar-refractivity contribution in [1.82, 2.24) is 0 Å². The van der Waals surface area contributed by atoms with Gasteiger partial charge in [0.1, 0.15) is 11.6 Å². The summed E-state index contributed by atoms with van der Waals surface area (Å²) in [5.74, 6) is 0.191. The number of hydrogen-bond donors (Lipinski definition) is 1. The molecule has 194 valence electrons. The first kappa shape index (κ1) is 27.5. The fraction of sp³-hybridized carbons (Fsp3) is 0.733. The minimum Gasteiger partial charge on any atom is -0.478 e. The number of carboxylic acid groups (broad SMARTS) is 1. The lowest BCUT2D eigenvalue weighted by Gasteiger charge is -2.56. The molecule has 5 nitrogen and oxygen atoms in total. The highest BCUT2D eigenvalue weighted by Gasteiger charge is 2.60. The Morgan fingerprint density at radius 1 is 1.11 bits per heavy atom. The molecule has 3 aliphatic rings. The second kappa shape index (κ2) is 9.78. The first-order valence-corrected chi connectivity index (χ1v) is 13.4. The maximum absolute atomic E-state index is 13.5. The summed E-state index contributed by atoms with van der Waals surface area (Å²) in [4.78, 5) is 49.8. The lowest BCUT2D eigenvalue weighted by atomic mass is 9.47. The Hall–Kier alpha value is -2.04. The summed E-state index contributed by atoms with van der Waals surface area (Å²) in [6.45, 7) is 13.8. The van der Waals surface area contributed by atoms with Crippen LogP contribution in [0.3, 0.4) is 0 Å². The third-order valence-electron chi connectivity index (χ3n) is 10.2. The molecule has 35 heavy (non-hydrogen) atoms. The molecule has 6 atom stereocenters. The molecule has 3 rings (SSSR count). The first-order chi connectivity index (χ1) is 16.2. The third kappa shape index (κ3) is 4.84. The Morgan fingerprint density at radius 3 is 2.37 bits per heavy atom. The highest BCUT2D eigenvalue weighted by molar-refractivity contribution is 5.99. The third-order valence-corrected chi connectivity index (χ3v) is 10.2. The Labute approximate surface area is 210 Å². The molecular formula is C30H44O5. The normalized spacial score (nSPS) is 34.0. The first-order valence-electron chi connectivity index (χ1n) is 13.4. The van der Waals surface area contributed by atoms with E-state index in [1.54, 1.807) is 19.9 Å². The van der Waals surface area contributed by atoms with E-state index in [4.69, 9.17) is 5.11 Å². The Morgan fingerprint density at radius 2 is 1.77 bits per heavy atom. The summed E-state index contributed by atoms with van der Waals surface area (Å²) >= 11 is 0. The van der Waals surface area contributed by atoms with Crippen LogP contribution in [0.25, 0.3) is 0 Å². The van der Waals surface area contributed by atoms with Gasteiger partial charge in [-0.2, -0.15) is 0 Å². The van der Waals surface area contributed by atoms with Gasteiger partial charge in [0.25, 0.3) is 0 Å². The van der Waals surface area contributed by atoms with Crippen molar-refractivity contribution in [3.8, 4) is 0 Å². The topological polar surface area (TPSA) is 88.5 Å². The van der Waals surface area contributed by atoms with Crippen LogP contribution in [0.4, 0.5) is 0 Å². The van der Waals surface area contributed by atoms with Crippen molar-refractivity contribution in [1.29, 1.82) is 0 Å². The number of hydrogen-bond acceptors (Lipinski definition) is 4. The van der Waals surface area contributed by atoms with Crippen LogP contribution in [-0.4, -0.2) is 28.4 Å². The van der Waals surface area contributed by atoms with Crippen LogP contribution in [0.5, 0.6) is 0 Å². The van der Waals surface area contributed by atoms with E-state index in [1.807, 2.05) is 6.08 Å².